The van der Waals surface area contributed by atoms with Crippen molar-refractivity contribution in [3.63, 3.8) is 0 Å². The minimum Gasteiger partial charge on any atom is -0.311 e. The monoisotopic (exact) mass is 344 g/mol. The molecule has 1 saturated heterocycles. The van der Waals surface area contributed by atoms with Crippen molar-refractivity contribution in [1.82, 2.24) is 10.2 Å². The van der Waals surface area contributed by atoms with E-state index >= 15 is 0 Å². The van der Waals surface area contributed by atoms with Gasteiger partial charge >= 0.3 is 0 Å². The zero-order chi connectivity index (χ0) is 13.8. The standard InChI is InChI=1S/C15H22BrClN2/c1-3-13-10-19(14(4-2)8-18-13)9-11-7-12(17)5-6-15(11)16/h5-7,13-14,18H,3-4,8-10H2,1-2H3. The van der Waals surface area contributed by atoms with Crippen LogP contribution in [0.2, 0.25) is 5.02 Å². The molecule has 19 heavy (non-hydrogen) atoms. The van der Waals surface area contributed by atoms with Crippen molar-refractivity contribution >= 4 is 27.5 Å². The van der Waals surface area contributed by atoms with E-state index in [1.807, 2.05) is 12.1 Å². The van der Waals surface area contributed by atoms with E-state index in [-0.39, 0.29) is 0 Å². The molecule has 1 N–H and O–H groups in total. The third-order valence-corrected chi connectivity index (χ3v) is 4.97. The summed E-state index contributed by atoms with van der Waals surface area (Å²) in [6, 6.07) is 7.27. The molecule has 0 amide bonds. The summed E-state index contributed by atoms with van der Waals surface area (Å²) in [5, 5.41) is 4.45. The molecule has 1 aromatic rings. The van der Waals surface area contributed by atoms with Gasteiger partial charge in [-0.2, -0.15) is 0 Å². The van der Waals surface area contributed by atoms with E-state index in [1.165, 1.54) is 18.4 Å². The van der Waals surface area contributed by atoms with E-state index < -0.39 is 0 Å². The number of rotatable bonds is 4. The van der Waals surface area contributed by atoms with E-state index in [0.29, 0.717) is 12.1 Å². The van der Waals surface area contributed by atoms with Crippen LogP contribution in [-0.2, 0) is 6.54 Å². The van der Waals surface area contributed by atoms with Crippen molar-refractivity contribution in [2.75, 3.05) is 13.1 Å². The van der Waals surface area contributed by atoms with Crippen molar-refractivity contribution in [1.29, 1.82) is 0 Å². The normalized spacial score (nSPS) is 24.6. The lowest BCUT2D eigenvalue weighted by atomic mass is 10.0. The number of benzene rings is 1. The Kier molecular flexibility index (Phi) is 5.70. The Bertz CT molecular complexity index is 425. The van der Waals surface area contributed by atoms with Crippen LogP contribution in [0.15, 0.2) is 22.7 Å². The average molecular weight is 346 g/mol. The molecular weight excluding hydrogens is 324 g/mol. The molecule has 2 atom stereocenters. The summed E-state index contributed by atoms with van der Waals surface area (Å²) < 4.78 is 1.15. The minimum absolute atomic E-state index is 0.612. The van der Waals surface area contributed by atoms with Crippen molar-refractivity contribution in [2.45, 2.75) is 45.3 Å². The van der Waals surface area contributed by atoms with E-state index in [0.717, 1.165) is 29.1 Å². The highest BCUT2D eigenvalue weighted by molar-refractivity contribution is 9.10. The van der Waals surface area contributed by atoms with Crippen LogP contribution < -0.4 is 5.32 Å². The van der Waals surface area contributed by atoms with E-state index in [4.69, 9.17) is 11.6 Å². The Morgan fingerprint density at radius 2 is 2.16 bits per heavy atom. The van der Waals surface area contributed by atoms with Crippen molar-refractivity contribution < 1.29 is 0 Å². The first-order valence-electron chi connectivity index (χ1n) is 7.05. The van der Waals surface area contributed by atoms with Gasteiger partial charge in [-0.05, 0) is 36.6 Å². The van der Waals surface area contributed by atoms with Gasteiger partial charge in [-0.15, -0.1) is 0 Å². The molecule has 1 aromatic carbocycles. The second-order valence-corrected chi connectivity index (χ2v) is 6.53. The third kappa shape index (κ3) is 3.94. The number of nitrogens with zero attached hydrogens (tertiary/aromatic N) is 1. The molecule has 2 nitrogen and oxygen atoms in total. The van der Waals surface area contributed by atoms with Crippen LogP contribution in [0.4, 0.5) is 0 Å². The first kappa shape index (κ1) is 15.3. The largest absolute Gasteiger partial charge is 0.311 e. The van der Waals surface area contributed by atoms with Gasteiger partial charge in [-0.3, -0.25) is 4.90 Å². The molecule has 1 fully saturated rings. The molecule has 106 valence electrons. The van der Waals surface area contributed by atoms with E-state index in [9.17, 15) is 0 Å². The topological polar surface area (TPSA) is 15.3 Å². The summed E-state index contributed by atoms with van der Waals surface area (Å²) in [4.78, 5) is 2.58. The van der Waals surface area contributed by atoms with Gasteiger partial charge in [0, 0.05) is 41.2 Å². The van der Waals surface area contributed by atoms with Gasteiger partial charge in [0.25, 0.3) is 0 Å². The zero-order valence-corrected chi connectivity index (χ0v) is 14.0. The van der Waals surface area contributed by atoms with Crippen LogP contribution in [-0.4, -0.2) is 30.1 Å². The van der Waals surface area contributed by atoms with Gasteiger partial charge in [0.05, 0.1) is 0 Å². The summed E-state index contributed by atoms with van der Waals surface area (Å²) >= 11 is 9.74. The molecule has 0 spiro atoms. The lowest BCUT2D eigenvalue weighted by Crippen LogP contribution is -2.55. The number of halogens is 2. The summed E-state index contributed by atoms with van der Waals surface area (Å²) in [6.07, 6.45) is 2.37. The molecule has 1 heterocycles. The van der Waals surface area contributed by atoms with Crippen molar-refractivity contribution in [2.24, 2.45) is 0 Å². The smallest absolute Gasteiger partial charge is 0.0410 e. The zero-order valence-electron chi connectivity index (χ0n) is 11.6. The minimum atomic E-state index is 0.612. The van der Waals surface area contributed by atoms with Crippen LogP contribution in [0.5, 0.6) is 0 Å². The Morgan fingerprint density at radius 1 is 1.37 bits per heavy atom. The number of nitrogens with one attached hydrogen (secondary N) is 1. The second kappa shape index (κ2) is 7.07. The van der Waals surface area contributed by atoms with Gasteiger partial charge in [0.1, 0.15) is 0 Å². The summed E-state index contributed by atoms with van der Waals surface area (Å²) in [5.74, 6) is 0. The third-order valence-electron chi connectivity index (χ3n) is 3.96. The molecule has 2 rings (SSSR count). The van der Waals surface area contributed by atoms with Gasteiger partial charge in [0.2, 0.25) is 0 Å². The lowest BCUT2D eigenvalue weighted by Gasteiger charge is -2.40. The van der Waals surface area contributed by atoms with Gasteiger partial charge < -0.3 is 5.32 Å². The first-order chi connectivity index (χ1) is 9.13. The summed E-state index contributed by atoms with van der Waals surface area (Å²) in [7, 11) is 0. The highest BCUT2D eigenvalue weighted by Gasteiger charge is 2.26. The van der Waals surface area contributed by atoms with Crippen molar-refractivity contribution in [3.8, 4) is 0 Å². The Labute approximate surface area is 129 Å². The Morgan fingerprint density at radius 3 is 2.84 bits per heavy atom. The molecule has 4 heteroatoms. The molecule has 0 aliphatic carbocycles. The predicted octanol–water partition coefficient (Wildman–Crippen LogP) is 4.06. The fourth-order valence-electron chi connectivity index (χ4n) is 2.68. The van der Waals surface area contributed by atoms with Crippen LogP contribution >= 0.6 is 27.5 Å². The van der Waals surface area contributed by atoms with Crippen LogP contribution in [0.25, 0.3) is 0 Å². The predicted molar refractivity (Wildman–Crippen MR) is 85.7 cm³/mol. The fourth-order valence-corrected chi connectivity index (χ4v) is 3.25. The maximum atomic E-state index is 6.11. The van der Waals surface area contributed by atoms with Gasteiger partial charge in [-0.25, -0.2) is 0 Å². The average Bonchev–Trinajstić information content (AvgIpc) is 2.42. The van der Waals surface area contributed by atoms with E-state index in [2.05, 4.69) is 46.1 Å². The molecule has 0 saturated carbocycles. The maximum absolute atomic E-state index is 6.11. The fraction of sp³-hybridized carbons (Fsp3) is 0.600. The Hall–Kier alpha value is -0.0900. The number of hydrogen-bond acceptors (Lipinski definition) is 2. The molecular formula is C15H22BrClN2. The molecule has 0 bridgehead atoms. The quantitative estimate of drug-likeness (QED) is 0.885. The van der Waals surface area contributed by atoms with E-state index in [1.54, 1.807) is 0 Å². The van der Waals surface area contributed by atoms with Crippen LogP contribution in [0, 0.1) is 0 Å². The molecule has 1 aliphatic heterocycles. The summed E-state index contributed by atoms with van der Waals surface area (Å²) in [5.41, 5.74) is 1.28. The van der Waals surface area contributed by atoms with Gasteiger partial charge in [0.15, 0.2) is 0 Å². The van der Waals surface area contributed by atoms with Crippen molar-refractivity contribution in [3.05, 3.63) is 33.3 Å². The van der Waals surface area contributed by atoms with Crippen LogP contribution in [0.3, 0.4) is 0 Å². The molecule has 0 aromatic heterocycles. The first-order valence-corrected chi connectivity index (χ1v) is 8.22. The second-order valence-electron chi connectivity index (χ2n) is 5.24. The maximum Gasteiger partial charge on any atom is 0.0410 e. The molecule has 0 radical (unpaired) electrons. The highest BCUT2D eigenvalue weighted by Crippen LogP contribution is 2.24. The molecule has 2 unspecified atom stereocenters. The van der Waals surface area contributed by atoms with Crippen LogP contribution in [0.1, 0.15) is 32.3 Å². The Balaban J connectivity index is 2.11. The van der Waals surface area contributed by atoms with Gasteiger partial charge in [-0.1, -0.05) is 41.4 Å². The molecule has 1 aliphatic rings. The summed E-state index contributed by atoms with van der Waals surface area (Å²) in [6.45, 7) is 7.69. The SMILES string of the molecule is CCC1CN(Cc2cc(Cl)ccc2Br)C(CC)CN1. The lowest BCUT2D eigenvalue weighted by molar-refractivity contribution is 0.117. The highest BCUT2D eigenvalue weighted by atomic mass is 79.9. The number of piperazine rings is 1. The number of hydrogen-bond donors (Lipinski definition) is 1.